The maximum Gasteiger partial charge on any atom is 0.157 e. The summed E-state index contributed by atoms with van der Waals surface area (Å²) >= 11 is 0. The third-order valence-electron chi connectivity index (χ3n) is 7.38. The van der Waals surface area contributed by atoms with Gasteiger partial charge in [-0.2, -0.15) is 0 Å². The van der Waals surface area contributed by atoms with Gasteiger partial charge in [-0.25, -0.2) is 0 Å². The SMILES string of the molecule is C[C@@]12CCC[C@H]1[C@@H]1CNC3=CC(=O)CC[C@]3(C)[C@@H]1CC2. The van der Waals surface area contributed by atoms with Crippen LogP contribution in [-0.2, 0) is 4.79 Å². The molecule has 0 aromatic rings. The van der Waals surface area contributed by atoms with Crippen LogP contribution in [0.15, 0.2) is 11.8 Å². The van der Waals surface area contributed by atoms with E-state index in [2.05, 4.69) is 19.2 Å². The molecule has 110 valence electrons. The Balaban J connectivity index is 1.69. The highest BCUT2D eigenvalue weighted by Crippen LogP contribution is 2.62. The molecule has 1 aliphatic heterocycles. The van der Waals surface area contributed by atoms with E-state index < -0.39 is 0 Å². The van der Waals surface area contributed by atoms with Crippen molar-refractivity contribution in [3.05, 3.63) is 11.8 Å². The molecule has 0 spiro atoms. The minimum Gasteiger partial charge on any atom is -0.387 e. The first-order valence-electron chi connectivity index (χ1n) is 8.52. The molecular formula is C18H27NO. The Morgan fingerprint density at radius 1 is 1.15 bits per heavy atom. The molecule has 0 unspecified atom stereocenters. The largest absolute Gasteiger partial charge is 0.387 e. The molecule has 0 aromatic carbocycles. The van der Waals surface area contributed by atoms with Gasteiger partial charge in [0.15, 0.2) is 5.78 Å². The second kappa shape index (κ2) is 4.11. The third-order valence-corrected chi connectivity index (χ3v) is 7.38. The second-order valence-electron chi connectivity index (χ2n) is 8.28. The molecule has 0 radical (unpaired) electrons. The van der Waals surface area contributed by atoms with E-state index in [1.54, 1.807) is 0 Å². The Morgan fingerprint density at radius 3 is 2.85 bits per heavy atom. The predicted molar refractivity (Wildman–Crippen MR) is 80.1 cm³/mol. The lowest BCUT2D eigenvalue weighted by Gasteiger charge is -2.57. The van der Waals surface area contributed by atoms with Crippen molar-refractivity contribution in [2.24, 2.45) is 28.6 Å². The lowest BCUT2D eigenvalue weighted by atomic mass is 9.51. The van der Waals surface area contributed by atoms with Crippen molar-refractivity contribution in [1.29, 1.82) is 0 Å². The summed E-state index contributed by atoms with van der Waals surface area (Å²) in [6, 6.07) is 0. The van der Waals surface area contributed by atoms with Gasteiger partial charge in [0.05, 0.1) is 0 Å². The average molecular weight is 273 g/mol. The predicted octanol–water partition coefficient (Wildman–Crippen LogP) is 3.68. The van der Waals surface area contributed by atoms with Crippen molar-refractivity contribution in [3.63, 3.8) is 0 Å². The highest BCUT2D eigenvalue weighted by atomic mass is 16.1. The Labute approximate surface area is 122 Å². The number of nitrogens with one attached hydrogen (secondary N) is 1. The van der Waals surface area contributed by atoms with E-state index in [1.807, 2.05) is 6.08 Å². The minimum atomic E-state index is 0.251. The van der Waals surface area contributed by atoms with Crippen LogP contribution in [0.3, 0.4) is 0 Å². The molecule has 3 aliphatic carbocycles. The first-order valence-corrected chi connectivity index (χ1v) is 8.52. The second-order valence-corrected chi connectivity index (χ2v) is 8.28. The molecule has 5 atom stereocenters. The molecule has 20 heavy (non-hydrogen) atoms. The van der Waals surface area contributed by atoms with Gasteiger partial charge in [-0.15, -0.1) is 0 Å². The van der Waals surface area contributed by atoms with Crippen molar-refractivity contribution in [1.82, 2.24) is 5.32 Å². The summed E-state index contributed by atoms with van der Waals surface area (Å²) in [6.07, 6.45) is 10.8. The maximum atomic E-state index is 11.7. The number of rotatable bonds is 0. The van der Waals surface area contributed by atoms with Crippen LogP contribution in [0.4, 0.5) is 0 Å². The van der Waals surface area contributed by atoms with Crippen LogP contribution in [0.25, 0.3) is 0 Å². The maximum absolute atomic E-state index is 11.7. The smallest absolute Gasteiger partial charge is 0.157 e. The van der Waals surface area contributed by atoms with Crippen LogP contribution >= 0.6 is 0 Å². The fourth-order valence-corrected chi connectivity index (χ4v) is 6.14. The monoisotopic (exact) mass is 273 g/mol. The van der Waals surface area contributed by atoms with Crippen LogP contribution in [0, 0.1) is 28.6 Å². The third kappa shape index (κ3) is 1.60. The topological polar surface area (TPSA) is 29.1 Å². The fourth-order valence-electron chi connectivity index (χ4n) is 6.14. The molecule has 2 saturated carbocycles. The van der Waals surface area contributed by atoms with Crippen molar-refractivity contribution in [2.75, 3.05) is 6.54 Å². The molecule has 4 aliphatic rings. The van der Waals surface area contributed by atoms with Gasteiger partial charge in [0.2, 0.25) is 0 Å². The lowest BCUT2D eigenvalue weighted by molar-refractivity contribution is -0.117. The molecule has 1 heterocycles. The average Bonchev–Trinajstić information content (AvgIpc) is 2.81. The first-order chi connectivity index (χ1) is 9.53. The number of carbonyl (C=O) groups excluding carboxylic acids is 1. The van der Waals surface area contributed by atoms with E-state index in [9.17, 15) is 4.79 Å². The lowest BCUT2D eigenvalue weighted by Crippen LogP contribution is -2.56. The van der Waals surface area contributed by atoms with Crippen LogP contribution in [0.5, 0.6) is 0 Å². The quantitative estimate of drug-likeness (QED) is 0.729. The van der Waals surface area contributed by atoms with Crippen LogP contribution < -0.4 is 5.32 Å². The number of hydrogen-bond donors (Lipinski definition) is 1. The molecule has 2 nitrogen and oxygen atoms in total. The van der Waals surface area contributed by atoms with Crippen molar-refractivity contribution < 1.29 is 4.79 Å². The van der Waals surface area contributed by atoms with Gasteiger partial charge in [0.1, 0.15) is 0 Å². The first kappa shape index (κ1) is 12.9. The molecule has 1 saturated heterocycles. The number of allylic oxidation sites excluding steroid dienone is 2. The van der Waals surface area contributed by atoms with Crippen LogP contribution in [0.2, 0.25) is 0 Å². The number of fused-ring (bicyclic) bond motifs is 5. The summed E-state index contributed by atoms with van der Waals surface area (Å²) < 4.78 is 0. The van der Waals surface area contributed by atoms with Crippen LogP contribution in [0.1, 0.15) is 58.8 Å². The Morgan fingerprint density at radius 2 is 2.00 bits per heavy atom. The Bertz CT molecular complexity index is 482. The minimum absolute atomic E-state index is 0.251. The van der Waals surface area contributed by atoms with E-state index in [0.29, 0.717) is 11.2 Å². The van der Waals surface area contributed by atoms with Crippen molar-refractivity contribution in [2.45, 2.75) is 58.8 Å². The number of carbonyl (C=O) groups is 1. The summed E-state index contributed by atoms with van der Waals surface area (Å²) in [7, 11) is 0. The van der Waals surface area contributed by atoms with Gasteiger partial charge in [0.25, 0.3) is 0 Å². The zero-order valence-corrected chi connectivity index (χ0v) is 12.9. The van der Waals surface area contributed by atoms with Crippen molar-refractivity contribution in [3.8, 4) is 0 Å². The standard InChI is InChI=1S/C18H27NO/c1-17-7-3-4-14(17)13-11-19-16-10-12(20)5-9-18(16,2)15(13)6-8-17/h10,13-15,19H,3-9,11H2,1-2H3/t13-,14-,15+,17-,18+/m0/s1. The molecule has 1 N–H and O–H groups in total. The van der Waals surface area contributed by atoms with E-state index in [-0.39, 0.29) is 5.41 Å². The number of ketones is 1. The number of hydrogen-bond acceptors (Lipinski definition) is 2. The number of piperidine rings is 1. The van der Waals surface area contributed by atoms with E-state index in [4.69, 9.17) is 0 Å². The van der Waals surface area contributed by atoms with Crippen LogP contribution in [-0.4, -0.2) is 12.3 Å². The molecule has 0 bridgehead atoms. The molecule has 2 heteroatoms. The van der Waals surface area contributed by atoms with Gasteiger partial charge < -0.3 is 5.32 Å². The van der Waals surface area contributed by atoms with E-state index >= 15 is 0 Å². The normalized spacial score (nSPS) is 50.6. The summed E-state index contributed by atoms with van der Waals surface area (Å²) in [5.41, 5.74) is 2.13. The fraction of sp³-hybridized carbons (Fsp3) is 0.833. The van der Waals surface area contributed by atoms with Gasteiger partial charge in [-0.05, 0) is 55.3 Å². The molecular weight excluding hydrogens is 246 g/mol. The summed E-state index contributed by atoms with van der Waals surface area (Å²) in [6.45, 7) is 6.07. The van der Waals surface area contributed by atoms with Crippen molar-refractivity contribution >= 4 is 5.78 Å². The molecule has 4 rings (SSSR count). The Hall–Kier alpha value is -0.790. The molecule has 0 amide bonds. The highest BCUT2D eigenvalue weighted by Gasteiger charge is 2.56. The summed E-state index contributed by atoms with van der Waals surface area (Å²) in [5.74, 6) is 2.89. The van der Waals surface area contributed by atoms with E-state index in [0.717, 1.165) is 37.1 Å². The van der Waals surface area contributed by atoms with Gasteiger partial charge in [0, 0.05) is 30.2 Å². The van der Waals surface area contributed by atoms with E-state index in [1.165, 1.54) is 37.8 Å². The molecule has 3 fully saturated rings. The summed E-state index contributed by atoms with van der Waals surface area (Å²) in [5, 5.41) is 3.66. The zero-order chi connectivity index (χ0) is 14.0. The highest BCUT2D eigenvalue weighted by molar-refractivity contribution is 5.91. The van der Waals surface area contributed by atoms with Gasteiger partial charge >= 0.3 is 0 Å². The Kier molecular flexibility index (Phi) is 2.66. The van der Waals surface area contributed by atoms with Gasteiger partial charge in [-0.3, -0.25) is 4.79 Å². The zero-order valence-electron chi connectivity index (χ0n) is 12.9. The van der Waals surface area contributed by atoms with Gasteiger partial charge in [-0.1, -0.05) is 20.3 Å². The summed E-state index contributed by atoms with van der Waals surface area (Å²) in [4.78, 5) is 11.7. The molecule has 0 aromatic heterocycles.